The topological polar surface area (TPSA) is 46.3 Å². The lowest BCUT2D eigenvalue weighted by Crippen LogP contribution is -2.42. The molecular formula is C10H20N2O. The first kappa shape index (κ1) is 12.2. The number of nitrogens with two attached hydrogens (primary N) is 1. The van der Waals surface area contributed by atoms with E-state index in [-0.39, 0.29) is 11.9 Å². The third-order valence-electron chi connectivity index (χ3n) is 1.80. The van der Waals surface area contributed by atoms with Crippen LogP contribution in [0, 0.1) is 0 Å². The number of rotatable bonds is 5. The summed E-state index contributed by atoms with van der Waals surface area (Å²) in [6.07, 6.45) is 1.69. The Balaban J connectivity index is 4.01. The van der Waals surface area contributed by atoms with Crippen LogP contribution in [-0.2, 0) is 4.79 Å². The Morgan fingerprint density at radius 3 is 2.54 bits per heavy atom. The predicted molar refractivity (Wildman–Crippen MR) is 55.3 cm³/mol. The molecule has 0 aromatic carbocycles. The van der Waals surface area contributed by atoms with Gasteiger partial charge in [-0.2, -0.15) is 0 Å². The van der Waals surface area contributed by atoms with Crippen LogP contribution < -0.4 is 5.73 Å². The smallest absolute Gasteiger partial charge is 0.239 e. The fourth-order valence-corrected chi connectivity index (χ4v) is 1.20. The van der Waals surface area contributed by atoms with Gasteiger partial charge >= 0.3 is 0 Å². The highest BCUT2D eigenvalue weighted by Crippen LogP contribution is 2.00. The fourth-order valence-electron chi connectivity index (χ4n) is 1.20. The molecular weight excluding hydrogens is 164 g/mol. The summed E-state index contributed by atoms with van der Waals surface area (Å²) in [7, 11) is 1.76. The molecule has 0 heterocycles. The van der Waals surface area contributed by atoms with E-state index in [9.17, 15) is 4.79 Å². The summed E-state index contributed by atoms with van der Waals surface area (Å²) in [6.45, 7) is 8.26. The van der Waals surface area contributed by atoms with E-state index in [0.717, 1.165) is 18.4 Å². The van der Waals surface area contributed by atoms with Crippen LogP contribution in [-0.4, -0.2) is 30.4 Å². The maximum atomic E-state index is 11.5. The first-order chi connectivity index (χ1) is 5.99. The van der Waals surface area contributed by atoms with Crippen LogP contribution in [0.3, 0.4) is 0 Å². The number of hydrogen-bond donors (Lipinski definition) is 1. The first-order valence-corrected chi connectivity index (χ1v) is 4.64. The molecule has 1 atom stereocenters. The Bertz CT molecular complexity index is 189. The number of likely N-dealkylation sites (N-methyl/N-ethyl adjacent to an activating group) is 1. The highest BCUT2D eigenvalue weighted by molar-refractivity contribution is 5.81. The van der Waals surface area contributed by atoms with E-state index in [1.165, 1.54) is 0 Å². The van der Waals surface area contributed by atoms with Gasteiger partial charge in [0.1, 0.15) is 0 Å². The largest absolute Gasteiger partial charge is 0.340 e. The number of nitrogens with zero attached hydrogens (tertiary/aromatic N) is 1. The molecule has 3 nitrogen and oxygen atoms in total. The minimum absolute atomic E-state index is 0.00449. The number of carbonyl (C=O) groups is 1. The molecule has 13 heavy (non-hydrogen) atoms. The zero-order valence-electron chi connectivity index (χ0n) is 8.84. The van der Waals surface area contributed by atoms with Gasteiger partial charge in [0.15, 0.2) is 0 Å². The van der Waals surface area contributed by atoms with Crippen LogP contribution in [0.15, 0.2) is 12.2 Å². The van der Waals surface area contributed by atoms with Gasteiger partial charge in [0.2, 0.25) is 5.91 Å². The van der Waals surface area contributed by atoms with Crippen LogP contribution in [0.1, 0.15) is 26.7 Å². The van der Waals surface area contributed by atoms with Crippen molar-refractivity contribution in [2.45, 2.75) is 32.7 Å². The summed E-state index contributed by atoms with van der Waals surface area (Å²) >= 11 is 0. The van der Waals surface area contributed by atoms with Crippen LogP contribution in [0.2, 0.25) is 0 Å². The molecule has 76 valence electrons. The summed E-state index contributed by atoms with van der Waals surface area (Å²) < 4.78 is 0. The summed E-state index contributed by atoms with van der Waals surface area (Å²) in [5.41, 5.74) is 6.66. The van der Waals surface area contributed by atoms with Crippen molar-refractivity contribution in [3.8, 4) is 0 Å². The van der Waals surface area contributed by atoms with Gasteiger partial charge in [0.25, 0.3) is 0 Å². The second kappa shape index (κ2) is 5.75. The van der Waals surface area contributed by atoms with Crippen molar-refractivity contribution >= 4 is 5.91 Å². The van der Waals surface area contributed by atoms with Crippen LogP contribution in [0.25, 0.3) is 0 Å². The minimum Gasteiger partial charge on any atom is -0.340 e. The third-order valence-corrected chi connectivity index (χ3v) is 1.80. The van der Waals surface area contributed by atoms with E-state index >= 15 is 0 Å². The maximum Gasteiger partial charge on any atom is 0.239 e. The van der Waals surface area contributed by atoms with E-state index in [1.54, 1.807) is 11.9 Å². The van der Waals surface area contributed by atoms with Crippen LogP contribution in [0.5, 0.6) is 0 Å². The summed E-state index contributed by atoms with van der Waals surface area (Å²) in [6, 6.07) is -0.352. The van der Waals surface area contributed by atoms with Crippen LogP contribution >= 0.6 is 0 Å². The lowest BCUT2D eigenvalue weighted by atomic mass is 10.1. The van der Waals surface area contributed by atoms with E-state index in [4.69, 9.17) is 5.73 Å². The van der Waals surface area contributed by atoms with Gasteiger partial charge in [0, 0.05) is 13.6 Å². The Kier molecular flexibility index (Phi) is 5.39. The zero-order chi connectivity index (χ0) is 10.4. The van der Waals surface area contributed by atoms with Gasteiger partial charge in [-0.15, -0.1) is 0 Å². The molecule has 2 N–H and O–H groups in total. The first-order valence-electron chi connectivity index (χ1n) is 4.64. The fraction of sp³-hybridized carbons (Fsp3) is 0.700. The molecule has 0 aliphatic rings. The van der Waals surface area contributed by atoms with Crippen molar-refractivity contribution in [1.29, 1.82) is 0 Å². The average molecular weight is 184 g/mol. The maximum absolute atomic E-state index is 11.5. The molecule has 0 rings (SSSR count). The molecule has 0 saturated heterocycles. The van der Waals surface area contributed by atoms with E-state index in [0.29, 0.717) is 6.54 Å². The van der Waals surface area contributed by atoms with Crippen molar-refractivity contribution in [1.82, 2.24) is 4.90 Å². The Labute approximate surface area is 80.6 Å². The summed E-state index contributed by atoms with van der Waals surface area (Å²) in [4.78, 5) is 13.2. The molecule has 0 fully saturated rings. The third kappa shape index (κ3) is 4.68. The van der Waals surface area contributed by atoms with Gasteiger partial charge in [-0.1, -0.05) is 25.5 Å². The van der Waals surface area contributed by atoms with Gasteiger partial charge in [0.05, 0.1) is 6.04 Å². The van der Waals surface area contributed by atoms with Gasteiger partial charge in [-0.3, -0.25) is 4.79 Å². The van der Waals surface area contributed by atoms with E-state index in [2.05, 4.69) is 6.58 Å². The van der Waals surface area contributed by atoms with E-state index < -0.39 is 0 Å². The Hall–Kier alpha value is -0.830. The number of amides is 1. The lowest BCUT2D eigenvalue weighted by Gasteiger charge is -2.20. The van der Waals surface area contributed by atoms with Gasteiger partial charge < -0.3 is 10.6 Å². The second-order valence-electron chi connectivity index (χ2n) is 3.55. The SMILES string of the molecule is C=C(C)CN(C)C(=O)C(N)CCC. The monoisotopic (exact) mass is 184 g/mol. The lowest BCUT2D eigenvalue weighted by molar-refractivity contribution is -0.131. The molecule has 0 bridgehead atoms. The second-order valence-corrected chi connectivity index (χ2v) is 3.55. The molecule has 0 aromatic heterocycles. The molecule has 0 saturated carbocycles. The molecule has 0 spiro atoms. The molecule has 1 amide bonds. The highest BCUT2D eigenvalue weighted by Gasteiger charge is 2.16. The predicted octanol–water partition coefficient (Wildman–Crippen LogP) is 1.15. The highest BCUT2D eigenvalue weighted by atomic mass is 16.2. The number of hydrogen-bond acceptors (Lipinski definition) is 2. The van der Waals surface area contributed by atoms with Gasteiger partial charge in [-0.05, 0) is 13.3 Å². The van der Waals surface area contributed by atoms with E-state index in [1.807, 2.05) is 13.8 Å². The van der Waals surface area contributed by atoms with Crippen molar-refractivity contribution < 1.29 is 4.79 Å². The van der Waals surface area contributed by atoms with Crippen molar-refractivity contribution in [3.63, 3.8) is 0 Å². The summed E-state index contributed by atoms with van der Waals surface area (Å²) in [5, 5.41) is 0. The van der Waals surface area contributed by atoms with Crippen molar-refractivity contribution in [2.75, 3.05) is 13.6 Å². The Morgan fingerprint density at radius 2 is 2.15 bits per heavy atom. The quantitative estimate of drug-likeness (QED) is 0.651. The minimum atomic E-state index is -0.352. The molecule has 1 unspecified atom stereocenters. The van der Waals surface area contributed by atoms with Crippen molar-refractivity contribution in [2.24, 2.45) is 5.73 Å². The average Bonchev–Trinajstić information content (AvgIpc) is 2.02. The molecule has 3 heteroatoms. The zero-order valence-corrected chi connectivity index (χ0v) is 8.84. The summed E-state index contributed by atoms with van der Waals surface area (Å²) in [5.74, 6) is 0.00449. The van der Waals surface area contributed by atoms with Crippen molar-refractivity contribution in [3.05, 3.63) is 12.2 Å². The standard InChI is InChI=1S/C10H20N2O/c1-5-6-9(11)10(13)12(4)7-8(2)3/h9H,2,5-7,11H2,1,3-4H3. The van der Waals surface area contributed by atoms with Gasteiger partial charge in [-0.25, -0.2) is 0 Å². The van der Waals surface area contributed by atoms with Crippen LogP contribution in [0.4, 0.5) is 0 Å². The molecule has 0 aromatic rings. The Morgan fingerprint density at radius 1 is 1.62 bits per heavy atom. The molecule has 0 radical (unpaired) electrons. The number of carbonyl (C=O) groups excluding carboxylic acids is 1. The molecule has 0 aliphatic heterocycles. The normalized spacial score (nSPS) is 12.3. The molecule has 0 aliphatic carbocycles.